The Hall–Kier alpha value is -3.07. The average molecular weight is 625 g/mol. The van der Waals surface area contributed by atoms with Crippen LogP contribution < -0.4 is 21.3 Å². The molecule has 13 heteroatoms. The molecule has 0 spiro atoms. The summed E-state index contributed by atoms with van der Waals surface area (Å²) >= 11 is 2.95. The normalized spacial score (nSPS) is 16.3. The van der Waals surface area contributed by atoms with Gasteiger partial charge in [-0.2, -0.15) is 8.75 Å². The van der Waals surface area contributed by atoms with E-state index in [1.165, 1.54) is 40.8 Å². The topological polar surface area (TPSA) is 117 Å². The molecule has 0 amide bonds. The highest BCUT2D eigenvalue weighted by Gasteiger charge is 2.21. The third-order valence-corrected chi connectivity index (χ3v) is 9.20. The van der Waals surface area contributed by atoms with E-state index >= 15 is 0 Å². The zero-order valence-electron chi connectivity index (χ0n) is 24.5. The van der Waals surface area contributed by atoms with Crippen LogP contribution in [0.1, 0.15) is 22.8 Å². The first-order chi connectivity index (χ1) is 21.1. The molecule has 4 aromatic rings. The van der Waals surface area contributed by atoms with Crippen molar-refractivity contribution in [2.75, 3.05) is 88.3 Å². The summed E-state index contributed by atoms with van der Waals surface area (Å²) in [5.74, 6) is 1.51. The highest BCUT2D eigenvalue weighted by molar-refractivity contribution is 7.10. The minimum atomic E-state index is -0.217. The minimum Gasteiger partial charge on any atom is -0.344 e. The first-order valence-electron chi connectivity index (χ1n) is 14.9. The van der Waals surface area contributed by atoms with Crippen molar-refractivity contribution in [2.45, 2.75) is 12.8 Å². The molecule has 0 aliphatic carbocycles. The third kappa shape index (κ3) is 9.46. The number of anilines is 2. The Balaban J connectivity index is 0.000000171. The lowest BCUT2D eigenvalue weighted by Gasteiger charge is -2.33. The number of benzene rings is 2. The SMILES string of the molecule is NCCN1CCN(c2nc(Cc3ccc(F)cc3)ns2)CC1.NCCN1CCN(c2nc(Cc3ccccc3)ns2)CC1. The van der Waals surface area contributed by atoms with Gasteiger partial charge in [0.25, 0.3) is 0 Å². The molecule has 2 aromatic heterocycles. The van der Waals surface area contributed by atoms with E-state index < -0.39 is 0 Å². The monoisotopic (exact) mass is 624 g/mol. The quantitative estimate of drug-likeness (QED) is 0.273. The van der Waals surface area contributed by atoms with Crippen LogP contribution in [0.15, 0.2) is 54.6 Å². The molecule has 4 heterocycles. The minimum absolute atomic E-state index is 0.217. The molecule has 0 radical (unpaired) electrons. The van der Waals surface area contributed by atoms with E-state index in [0.29, 0.717) is 13.0 Å². The van der Waals surface area contributed by atoms with Gasteiger partial charge in [-0.25, -0.2) is 14.4 Å². The van der Waals surface area contributed by atoms with E-state index in [-0.39, 0.29) is 5.82 Å². The van der Waals surface area contributed by atoms with Gasteiger partial charge in [0.05, 0.1) is 0 Å². The molecule has 0 unspecified atom stereocenters. The Morgan fingerprint density at radius 2 is 1.05 bits per heavy atom. The molecule has 0 saturated carbocycles. The summed E-state index contributed by atoms with van der Waals surface area (Å²) < 4.78 is 21.8. The first kappa shape index (κ1) is 31.4. The largest absolute Gasteiger partial charge is 0.344 e. The standard InChI is InChI=1S/C15H20FN5S.C15H21N5S/c16-13-3-1-12(2-4-13)11-14-18-15(22-19-14)21-9-7-20(6-5-17)8-10-21;16-6-7-19-8-10-20(11-9-19)15-17-14(18-21-15)12-13-4-2-1-3-5-13/h1-4H,5-11,17H2;1-5H,6-12,16H2. The molecule has 4 N–H and O–H groups in total. The van der Waals surface area contributed by atoms with Crippen LogP contribution in [0.4, 0.5) is 14.7 Å². The summed E-state index contributed by atoms with van der Waals surface area (Å²) in [5, 5.41) is 2.03. The first-order valence-corrected chi connectivity index (χ1v) is 16.4. The van der Waals surface area contributed by atoms with E-state index in [4.69, 9.17) is 16.5 Å². The van der Waals surface area contributed by atoms with Gasteiger partial charge in [-0.05, 0) is 23.3 Å². The van der Waals surface area contributed by atoms with Crippen LogP contribution in [0.2, 0.25) is 0 Å². The van der Waals surface area contributed by atoms with Crippen LogP contribution in [0, 0.1) is 5.82 Å². The van der Waals surface area contributed by atoms with Gasteiger partial charge in [0.2, 0.25) is 10.3 Å². The van der Waals surface area contributed by atoms with E-state index in [0.717, 1.165) is 106 Å². The molecule has 6 rings (SSSR count). The summed E-state index contributed by atoms with van der Waals surface area (Å²) in [6, 6.07) is 16.9. The fourth-order valence-corrected chi connectivity index (χ4v) is 6.62. The molecule has 2 fully saturated rings. The van der Waals surface area contributed by atoms with Gasteiger partial charge < -0.3 is 21.3 Å². The highest BCUT2D eigenvalue weighted by Crippen LogP contribution is 2.21. The Morgan fingerprint density at radius 3 is 1.49 bits per heavy atom. The van der Waals surface area contributed by atoms with Crippen LogP contribution in [-0.2, 0) is 12.8 Å². The van der Waals surface area contributed by atoms with Crippen LogP contribution in [0.3, 0.4) is 0 Å². The predicted molar refractivity (Wildman–Crippen MR) is 174 cm³/mol. The molecule has 10 nitrogen and oxygen atoms in total. The lowest BCUT2D eigenvalue weighted by Crippen LogP contribution is -2.47. The zero-order chi connectivity index (χ0) is 29.9. The summed E-state index contributed by atoms with van der Waals surface area (Å²) in [5.41, 5.74) is 13.5. The maximum atomic E-state index is 12.9. The molecule has 0 atom stereocenters. The van der Waals surface area contributed by atoms with Gasteiger partial charge in [0, 0.05) is 114 Å². The van der Waals surface area contributed by atoms with Crippen LogP contribution in [0.25, 0.3) is 0 Å². The van der Waals surface area contributed by atoms with Crippen molar-refractivity contribution in [1.29, 1.82) is 0 Å². The lowest BCUT2D eigenvalue weighted by atomic mass is 10.1. The second-order valence-corrected chi connectivity index (χ2v) is 12.1. The number of rotatable bonds is 10. The van der Waals surface area contributed by atoms with Crippen molar-refractivity contribution in [2.24, 2.45) is 11.5 Å². The second kappa shape index (κ2) is 16.1. The molecule has 230 valence electrons. The number of hydrogen-bond acceptors (Lipinski definition) is 12. The van der Waals surface area contributed by atoms with Crippen molar-refractivity contribution >= 4 is 33.3 Å². The maximum absolute atomic E-state index is 12.9. The van der Waals surface area contributed by atoms with Gasteiger partial charge in [-0.1, -0.05) is 42.5 Å². The number of halogens is 1. The molecule has 43 heavy (non-hydrogen) atoms. The van der Waals surface area contributed by atoms with E-state index in [2.05, 4.69) is 57.6 Å². The van der Waals surface area contributed by atoms with Crippen molar-refractivity contribution < 1.29 is 4.39 Å². The zero-order valence-corrected chi connectivity index (χ0v) is 26.2. The molecular weight excluding hydrogens is 584 g/mol. The van der Waals surface area contributed by atoms with Gasteiger partial charge >= 0.3 is 0 Å². The number of hydrogen-bond donors (Lipinski definition) is 2. The van der Waals surface area contributed by atoms with Gasteiger partial charge in [-0.3, -0.25) is 9.80 Å². The summed E-state index contributed by atoms with van der Waals surface area (Å²) in [6.45, 7) is 11.5. The van der Waals surface area contributed by atoms with E-state index in [1.54, 1.807) is 12.1 Å². The number of piperazine rings is 2. The molecule has 2 saturated heterocycles. The van der Waals surface area contributed by atoms with Crippen molar-refractivity contribution in [3.8, 4) is 0 Å². The Labute approximate surface area is 261 Å². The van der Waals surface area contributed by atoms with E-state index in [9.17, 15) is 4.39 Å². The smallest absolute Gasteiger partial charge is 0.205 e. The fraction of sp³-hybridized carbons (Fsp3) is 0.467. The summed E-state index contributed by atoms with van der Waals surface area (Å²) in [4.78, 5) is 18.7. The van der Waals surface area contributed by atoms with Crippen molar-refractivity contribution in [3.05, 3.63) is 83.2 Å². The van der Waals surface area contributed by atoms with Crippen molar-refractivity contribution in [3.63, 3.8) is 0 Å². The van der Waals surface area contributed by atoms with Crippen LogP contribution in [-0.4, -0.2) is 107 Å². The summed E-state index contributed by atoms with van der Waals surface area (Å²) in [7, 11) is 0. The maximum Gasteiger partial charge on any atom is 0.205 e. The average Bonchev–Trinajstić information content (AvgIpc) is 3.70. The number of aromatic nitrogens is 4. The highest BCUT2D eigenvalue weighted by atomic mass is 32.1. The van der Waals surface area contributed by atoms with Crippen LogP contribution in [0.5, 0.6) is 0 Å². The predicted octanol–water partition coefficient (Wildman–Crippen LogP) is 2.56. The summed E-state index contributed by atoms with van der Waals surface area (Å²) in [6.07, 6.45) is 1.45. The van der Waals surface area contributed by atoms with Crippen LogP contribution >= 0.6 is 23.1 Å². The third-order valence-electron chi connectivity index (χ3n) is 7.57. The number of nitrogens with zero attached hydrogens (tertiary/aromatic N) is 8. The van der Waals surface area contributed by atoms with Gasteiger partial charge in [0.1, 0.15) is 17.5 Å². The fourth-order valence-electron chi connectivity index (χ4n) is 5.14. The molecule has 0 bridgehead atoms. The second-order valence-electron chi connectivity index (χ2n) is 10.7. The van der Waals surface area contributed by atoms with Crippen molar-refractivity contribution in [1.82, 2.24) is 28.5 Å². The molecule has 2 aliphatic heterocycles. The van der Waals surface area contributed by atoms with Gasteiger partial charge in [-0.15, -0.1) is 0 Å². The Morgan fingerprint density at radius 1 is 0.605 bits per heavy atom. The lowest BCUT2D eigenvalue weighted by molar-refractivity contribution is 0.265. The molecule has 2 aromatic carbocycles. The molecule has 2 aliphatic rings. The van der Waals surface area contributed by atoms with Gasteiger partial charge in [0.15, 0.2) is 0 Å². The molecular formula is C30H41FN10S2. The Bertz CT molecular complexity index is 1350. The Kier molecular flexibility index (Phi) is 11.8. The van der Waals surface area contributed by atoms with E-state index in [1.807, 2.05) is 6.07 Å². The number of nitrogens with two attached hydrogens (primary N) is 2.